The topological polar surface area (TPSA) is 55.9 Å². The molecule has 2 fully saturated rings. The Balaban J connectivity index is 1.64. The number of rotatable bonds is 4. The first-order chi connectivity index (χ1) is 10.8. The Labute approximate surface area is 140 Å². The molecule has 0 aromatic carbocycles. The summed E-state index contributed by atoms with van der Waals surface area (Å²) in [5.41, 5.74) is 0.352. The first-order valence-electron chi connectivity index (χ1n) is 8.88. The van der Waals surface area contributed by atoms with Gasteiger partial charge in [0.2, 0.25) is 5.91 Å². The van der Waals surface area contributed by atoms with Crippen molar-refractivity contribution in [3.8, 4) is 0 Å². The molecule has 1 N–H and O–H groups in total. The number of nitrogens with one attached hydrogen (secondary N) is 1. The van der Waals surface area contributed by atoms with E-state index < -0.39 is 0 Å². The largest absolute Gasteiger partial charge is 0.341 e. The first kappa shape index (κ1) is 18.0. The summed E-state index contributed by atoms with van der Waals surface area (Å²) >= 11 is 0. The van der Waals surface area contributed by atoms with Crippen molar-refractivity contribution < 1.29 is 9.59 Å². The zero-order valence-electron chi connectivity index (χ0n) is 14.9. The van der Waals surface area contributed by atoms with Crippen molar-refractivity contribution in [2.75, 3.05) is 52.4 Å². The lowest BCUT2D eigenvalue weighted by molar-refractivity contribution is -0.129. The predicted octanol–water partition coefficient (Wildman–Crippen LogP) is 1.37. The molecule has 0 aromatic rings. The van der Waals surface area contributed by atoms with E-state index in [4.69, 9.17) is 0 Å². The number of likely N-dealkylation sites (tertiary alicyclic amines) is 1. The Hall–Kier alpha value is -1.30. The average molecular weight is 324 g/mol. The number of carbonyl (C=O) groups is 2. The van der Waals surface area contributed by atoms with Gasteiger partial charge in [0.25, 0.3) is 0 Å². The predicted molar refractivity (Wildman–Crippen MR) is 91.3 cm³/mol. The van der Waals surface area contributed by atoms with Gasteiger partial charge in [-0.3, -0.25) is 9.69 Å². The summed E-state index contributed by atoms with van der Waals surface area (Å²) in [5.74, 6) is 0.0414. The van der Waals surface area contributed by atoms with Crippen molar-refractivity contribution >= 4 is 11.9 Å². The van der Waals surface area contributed by atoms with Gasteiger partial charge in [0.1, 0.15) is 0 Å². The Morgan fingerprint density at radius 1 is 0.913 bits per heavy atom. The fourth-order valence-corrected chi connectivity index (χ4v) is 3.01. The maximum absolute atomic E-state index is 12.2. The Kier molecular flexibility index (Phi) is 6.27. The minimum atomic E-state index is -0.104. The molecule has 3 amide bonds. The van der Waals surface area contributed by atoms with Crippen LogP contribution in [0.25, 0.3) is 0 Å². The van der Waals surface area contributed by atoms with Crippen LogP contribution in [0.3, 0.4) is 0 Å². The van der Waals surface area contributed by atoms with Gasteiger partial charge in [-0.1, -0.05) is 20.8 Å². The van der Waals surface area contributed by atoms with Crippen LogP contribution >= 0.6 is 0 Å². The van der Waals surface area contributed by atoms with Gasteiger partial charge in [0.15, 0.2) is 0 Å². The third kappa shape index (κ3) is 6.01. The van der Waals surface area contributed by atoms with Gasteiger partial charge in [0.05, 0.1) is 6.54 Å². The second kappa shape index (κ2) is 7.99. The quantitative estimate of drug-likeness (QED) is 0.850. The highest BCUT2D eigenvalue weighted by Gasteiger charge is 2.23. The maximum Gasteiger partial charge on any atom is 0.317 e. The van der Waals surface area contributed by atoms with Crippen molar-refractivity contribution in [3.05, 3.63) is 0 Å². The molecule has 0 spiro atoms. The molecule has 0 saturated carbocycles. The number of hydrogen-bond acceptors (Lipinski definition) is 3. The van der Waals surface area contributed by atoms with E-state index in [-0.39, 0.29) is 18.5 Å². The van der Waals surface area contributed by atoms with Crippen molar-refractivity contribution in [1.29, 1.82) is 0 Å². The van der Waals surface area contributed by atoms with E-state index in [1.54, 1.807) is 0 Å². The summed E-state index contributed by atoms with van der Waals surface area (Å²) < 4.78 is 0. The SMILES string of the molecule is CC(C)(C)CCN1CCN(C(=O)NCC(=O)N2CCCC2)CC1. The minimum Gasteiger partial charge on any atom is -0.341 e. The highest BCUT2D eigenvalue weighted by Crippen LogP contribution is 2.19. The van der Waals surface area contributed by atoms with Crippen LogP contribution < -0.4 is 5.32 Å². The van der Waals surface area contributed by atoms with E-state index in [0.29, 0.717) is 5.41 Å². The molecule has 2 rings (SSSR count). The van der Waals surface area contributed by atoms with Crippen molar-refractivity contribution in [2.24, 2.45) is 5.41 Å². The van der Waals surface area contributed by atoms with Gasteiger partial charge in [0, 0.05) is 39.3 Å². The summed E-state index contributed by atoms with van der Waals surface area (Å²) in [6.07, 6.45) is 3.33. The first-order valence-corrected chi connectivity index (χ1v) is 8.88. The van der Waals surface area contributed by atoms with Crippen molar-refractivity contribution in [1.82, 2.24) is 20.0 Å². The molecule has 2 heterocycles. The molecule has 23 heavy (non-hydrogen) atoms. The summed E-state index contributed by atoms with van der Waals surface area (Å²) in [6.45, 7) is 13.0. The highest BCUT2D eigenvalue weighted by molar-refractivity contribution is 5.84. The van der Waals surface area contributed by atoms with Gasteiger partial charge >= 0.3 is 6.03 Å². The number of urea groups is 1. The number of hydrogen-bond donors (Lipinski definition) is 1. The monoisotopic (exact) mass is 324 g/mol. The van der Waals surface area contributed by atoms with E-state index in [2.05, 4.69) is 31.0 Å². The molecule has 132 valence electrons. The van der Waals surface area contributed by atoms with Gasteiger partial charge in [-0.2, -0.15) is 0 Å². The van der Waals surface area contributed by atoms with Crippen LogP contribution in [0.4, 0.5) is 4.79 Å². The molecule has 2 aliphatic rings. The zero-order chi connectivity index (χ0) is 16.9. The molecule has 0 bridgehead atoms. The van der Waals surface area contributed by atoms with Crippen molar-refractivity contribution in [3.63, 3.8) is 0 Å². The van der Waals surface area contributed by atoms with Crippen LogP contribution in [0, 0.1) is 5.41 Å². The maximum atomic E-state index is 12.2. The summed E-state index contributed by atoms with van der Waals surface area (Å²) in [5, 5.41) is 2.78. The summed E-state index contributed by atoms with van der Waals surface area (Å²) in [4.78, 5) is 30.2. The lowest BCUT2D eigenvalue weighted by Gasteiger charge is -2.35. The number of carbonyl (C=O) groups excluding carboxylic acids is 2. The molecule has 0 atom stereocenters. The molecular formula is C17H32N4O2. The summed E-state index contributed by atoms with van der Waals surface area (Å²) in [7, 11) is 0. The van der Waals surface area contributed by atoms with E-state index in [9.17, 15) is 9.59 Å². The fourth-order valence-electron chi connectivity index (χ4n) is 3.01. The second-order valence-corrected chi connectivity index (χ2v) is 7.89. The van der Waals surface area contributed by atoms with Gasteiger partial charge in [-0.25, -0.2) is 4.79 Å². The molecular weight excluding hydrogens is 292 g/mol. The average Bonchev–Trinajstić information content (AvgIpc) is 3.04. The van der Waals surface area contributed by atoms with Gasteiger partial charge < -0.3 is 15.1 Å². The van der Waals surface area contributed by atoms with Crippen LogP contribution in [-0.4, -0.2) is 79.0 Å². The van der Waals surface area contributed by atoms with Crippen LogP contribution in [0.5, 0.6) is 0 Å². The number of amides is 3. The smallest absolute Gasteiger partial charge is 0.317 e. The second-order valence-electron chi connectivity index (χ2n) is 7.89. The Morgan fingerprint density at radius 2 is 1.52 bits per heavy atom. The molecule has 2 aliphatic heterocycles. The Bertz CT molecular complexity index is 405. The third-order valence-electron chi connectivity index (χ3n) is 4.69. The van der Waals surface area contributed by atoms with Gasteiger partial charge in [-0.15, -0.1) is 0 Å². The van der Waals surface area contributed by atoms with Crippen LogP contribution in [-0.2, 0) is 4.79 Å². The molecule has 6 nitrogen and oxygen atoms in total. The van der Waals surface area contributed by atoms with E-state index in [1.807, 2.05) is 9.80 Å². The molecule has 2 saturated heterocycles. The highest BCUT2D eigenvalue weighted by atomic mass is 16.2. The lowest BCUT2D eigenvalue weighted by Crippen LogP contribution is -2.53. The molecule has 0 aromatic heterocycles. The fraction of sp³-hybridized carbons (Fsp3) is 0.882. The summed E-state index contributed by atoms with van der Waals surface area (Å²) in [6, 6.07) is -0.104. The van der Waals surface area contributed by atoms with Crippen molar-refractivity contribution in [2.45, 2.75) is 40.0 Å². The standard InChI is InChI=1S/C17H32N4O2/c1-17(2,3)6-9-19-10-12-21(13-11-19)16(23)18-14-15(22)20-7-4-5-8-20/h4-14H2,1-3H3,(H,18,23). The molecule has 0 radical (unpaired) electrons. The van der Waals surface area contributed by atoms with Crippen LogP contribution in [0.15, 0.2) is 0 Å². The van der Waals surface area contributed by atoms with Gasteiger partial charge in [-0.05, 0) is 31.2 Å². The number of nitrogens with zero attached hydrogens (tertiary/aromatic N) is 3. The molecule has 0 aliphatic carbocycles. The van der Waals surface area contributed by atoms with E-state index >= 15 is 0 Å². The Morgan fingerprint density at radius 3 is 2.09 bits per heavy atom. The van der Waals surface area contributed by atoms with Crippen LogP contribution in [0.1, 0.15) is 40.0 Å². The van der Waals surface area contributed by atoms with E-state index in [1.165, 1.54) is 6.42 Å². The zero-order valence-corrected chi connectivity index (χ0v) is 14.9. The minimum absolute atomic E-state index is 0.0414. The lowest BCUT2D eigenvalue weighted by atomic mass is 9.92. The van der Waals surface area contributed by atoms with Crippen LogP contribution in [0.2, 0.25) is 0 Å². The third-order valence-corrected chi connectivity index (χ3v) is 4.69. The molecule has 0 unspecified atom stereocenters. The number of piperazine rings is 1. The normalized spacial score (nSPS) is 20.0. The molecule has 6 heteroatoms. The van der Waals surface area contributed by atoms with E-state index in [0.717, 1.165) is 58.7 Å².